The number of amides is 1. The summed E-state index contributed by atoms with van der Waals surface area (Å²) in [6.07, 6.45) is 4.00. The molecule has 0 fully saturated rings. The lowest BCUT2D eigenvalue weighted by molar-refractivity contribution is -0.149. The van der Waals surface area contributed by atoms with Crippen molar-refractivity contribution in [1.29, 1.82) is 0 Å². The number of carbonyl (C=O) groups excluding carboxylic acids is 1. The summed E-state index contributed by atoms with van der Waals surface area (Å²) in [5.74, 6) is -1.15. The molecule has 0 unspecified atom stereocenters. The molecular formula is C11H18N4O3. The predicted molar refractivity (Wildman–Crippen MR) is 63.7 cm³/mol. The molecule has 0 aliphatic rings. The molecule has 0 aliphatic carbocycles. The molecule has 0 atom stereocenters. The van der Waals surface area contributed by atoms with Crippen LogP contribution in [0.5, 0.6) is 0 Å². The molecule has 7 nitrogen and oxygen atoms in total. The van der Waals surface area contributed by atoms with E-state index in [2.05, 4.69) is 15.6 Å². The maximum absolute atomic E-state index is 11.6. The minimum absolute atomic E-state index is 0.0448. The van der Waals surface area contributed by atoms with Gasteiger partial charge in [0.1, 0.15) is 6.54 Å². The van der Waals surface area contributed by atoms with Gasteiger partial charge in [-0.1, -0.05) is 19.1 Å². The zero-order valence-corrected chi connectivity index (χ0v) is 10.6. The van der Waals surface area contributed by atoms with Crippen LogP contribution < -0.4 is 5.32 Å². The molecule has 0 aliphatic heterocycles. The van der Waals surface area contributed by atoms with E-state index in [1.807, 2.05) is 0 Å². The summed E-state index contributed by atoms with van der Waals surface area (Å²) in [5.41, 5.74) is -0.891. The molecule has 1 aromatic rings. The van der Waals surface area contributed by atoms with Crippen LogP contribution in [-0.4, -0.2) is 38.5 Å². The highest BCUT2D eigenvalue weighted by atomic mass is 16.4. The molecule has 1 aromatic heterocycles. The number of carbonyl (C=O) groups is 2. The summed E-state index contributed by atoms with van der Waals surface area (Å²) >= 11 is 0. The van der Waals surface area contributed by atoms with Gasteiger partial charge in [-0.25, -0.2) is 4.68 Å². The number of carboxylic acid groups (broad SMARTS) is 1. The van der Waals surface area contributed by atoms with Crippen molar-refractivity contribution in [1.82, 2.24) is 20.3 Å². The molecule has 0 saturated carbocycles. The van der Waals surface area contributed by atoms with Crippen molar-refractivity contribution >= 4 is 11.9 Å². The third-order valence-electron chi connectivity index (χ3n) is 3.21. The Bertz CT molecular complexity index is 398. The maximum atomic E-state index is 11.6. The van der Waals surface area contributed by atoms with Crippen molar-refractivity contribution in [3.05, 3.63) is 12.4 Å². The summed E-state index contributed by atoms with van der Waals surface area (Å²) in [5, 5.41) is 19.1. The van der Waals surface area contributed by atoms with Crippen molar-refractivity contribution in [3.8, 4) is 0 Å². The van der Waals surface area contributed by atoms with Gasteiger partial charge in [0, 0.05) is 12.7 Å². The average molecular weight is 254 g/mol. The van der Waals surface area contributed by atoms with Gasteiger partial charge in [-0.05, 0) is 12.8 Å². The van der Waals surface area contributed by atoms with Crippen LogP contribution in [0.2, 0.25) is 0 Å². The number of carboxylic acids is 1. The number of hydrogen-bond donors (Lipinski definition) is 2. The van der Waals surface area contributed by atoms with E-state index in [0.717, 1.165) is 0 Å². The predicted octanol–water partition coefficient (Wildman–Crippen LogP) is 0.285. The van der Waals surface area contributed by atoms with Gasteiger partial charge in [0.25, 0.3) is 0 Å². The molecule has 100 valence electrons. The van der Waals surface area contributed by atoms with Gasteiger partial charge in [-0.15, -0.1) is 5.10 Å². The minimum atomic E-state index is -0.891. The molecule has 1 rings (SSSR count). The monoisotopic (exact) mass is 254 g/mol. The molecular weight excluding hydrogens is 236 g/mol. The quantitative estimate of drug-likeness (QED) is 0.728. The van der Waals surface area contributed by atoms with E-state index in [1.165, 1.54) is 10.9 Å². The summed E-state index contributed by atoms with van der Waals surface area (Å²) in [4.78, 5) is 22.9. The summed E-state index contributed by atoms with van der Waals surface area (Å²) in [6.45, 7) is 3.79. The van der Waals surface area contributed by atoms with Crippen LogP contribution in [0.1, 0.15) is 26.7 Å². The standard InChI is InChI=1S/C11H18N4O3/c1-3-11(4-2,10(17)18)8-12-9(16)7-15-6-5-13-14-15/h5-6H,3-4,7-8H2,1-2H3,(H,12,16)(H,17,18). The molecule has 0 spiro atoms. The normalized spacial score (nSPS) is 11.2. The lowest BCUT2D eigenvalue weighted by atomic mass is 9.82. The summed E-state index contributed by atoms with van der Waals surface area (Å²) in [7, 11) is 0. The number of aliphatic carboxylic acids is 1. The van der Waals surface area contributed by atoms with E-state index in [9.17, 15) is 14.7 Å². The highest BCUT2D eigenvalue weighted by Crippen LogP contribution is 2.25. The van der Waals surface area contributed by atoms with Gasteiger partial charge in [0.05, 0.1) is 11.6 Å². The minimum Gasteiger partial charge on any atom is -0.481 e. The first-order chi connectivity index (χ1) is 8.54. The first kappa shape index (κ1) is 14.1. The molecule has 18 heavy (non-hydrogen) atoms. The number of nitrogens with zero attached hydrogens (tertiary/aromatic N) is 3. The Labute approximate surface area is 105 Å². The Kier molecular flexibility index (Phi) is 4.82. The lowest BCUT2D eigenvalue weighted by Gasteiger charge is -2.26. The summed E-state index contributed by atoms with van der Waals surface area (Å²) < 4.78 is 1.38. The fourth-order valence-electron chi connectivity index (χ4n) is 1.67. The fourth-order valence-corrected chi connectivity index (χ4v) is 1.67. The Morgan fingerprint density at radius 3 is 2.50 bits per heavy atom. The van der Waals surface area contributed by atoms with Crippen LogP contribution in [0, 0.1) is 5.41 Å². The van der Waals surface area contributed by atoms with Gasteiger partial charge < -0.3 is 10.4 Å². The molecule has 7 heteroatoms. The highest BCUT2D eigenvalue weighted by Gasteiger charge is 2.35. The molecule has 1 amide bonds. The fraction of sp³-hybridized carbons (Fsp3) is 0.636. The van der Waals surface area contributed by atoms with E-state index >= 15 is 0 Å². The van der Waals surface area contributed by atoms with Gasteiger partial charge >= 0.3 is 5.97 Å². The lowest BCUT2D eigenvalue weighted by Crippen LogP contribution is -2.43. The Morgan fingerprint density at radius 2 is 2.06 bits per heavy atom. The largest absolute Gasteiger partial charge is 0.481 e. The zero-order valence-electron chi connectivity index (χ0n) is 10.6. The molecule has 0 bridgehead atoms. The molecule has 0 radical (unpaired) electrons. The first-order valence-corrected chi connectivity index (χ1v) is 5.88. The SMILES string of the molecule is CCC(CC)(CNC(=O)Cn1ccnn1)C(=O)O. The Morgan fingerprint density at radius 1 is 1.39 bits per heavy atom. The van der Waals surface area contributed by atoms with E-state index in [4.69, 9.17) is 0 Å². The van der Waals surface area contributed by atoms with E-state index in [-0.39, 0.29) is 19.0 Å². The average Bonchev–Trinajstić information content (AvgIpc) is 2.83. The van der Waals surface area contributed by atoms with Crippen LogP contribution in [0.4, 0.5) is 0 Å². The van der Waals surface area contributed by atoms with Crippen LogP contribution in [0.25, 0.3) is 0 Å². The van der Waals surface area contributed by atoms with Crippen molar-refractivity contribution < 1.29 is 14.7 Å². The van der Waals surface area contributed by atoms with E-state index in [0.29, 0.717) is 12.8 Å². The second-order valence-electron chi connectivity index (χ2n) is 4.17. The van der Waals surface area contributed by atoms with Crippen molar-refractivity contribution in [3.63, 3.8) is 0 Å². The van der Waals surface area contributed by atoms with Crippen LogP contribution in [-0.2, 0) is 16.1 Å². The van der Waals surface area contributed by atoms with Crippen LogP contribution in [0.15, 0.2) is 12.4 Å². The Hall–Kier alpha value is -1.92. The number of rotatable bonds is 7. The smallest absolute Gasteiger partial charge is 0.311 e. The second kappa shape index (κ2) is 6.13. The van der Waals surface area contributed by atoms with E-state index < -0.39 is 11.4 Å². The highest BCUT2D eigenvalue weighted by molar-refractivity contribution is 5.78. The van der Waals surface area contributed by atoms with Gasteiger partial charge in [-0.2, -0.15) is 0 Å². The van der Waals surface area contributed by atoms with Gasteiger partial charge in [0.15, 0.2) is 0 Å². The van der Waals surface area contributed by atoms with Crippen molar-refractivity contribution in [2.24, 2.45) is 5.41 Å². The molecule has 0 aromatic carbocycles. The zero-order chi connectivity index (χ0) is 13.6. The topological polar surface area (TPSA) is 97.1 Å². The first-order valence-electron chi connectivity index (χ1n) is 5.88. The van der Waals surface area contributed by atoms with Gasteiger partial charge in [-0.3, -0.25) is 9.59 Å². The van der Waals surface area contributed by atoms with Crippen LogP contribution in [0.3, 0.4) is 0 Å². The third kappa shape index (κ3) is 3.28. The van der Waals surface area contributed by atoms with Crippen LogP contribution >= 0.6 is 0 Å². The number of nitrogens with one attached hydrogen (secondary N) is 1. The van der Waals surface area contributed by atoms with Crippen molar-refractivity contribution in [2.45, 2.75) is 33.2 Å². The molecule has 0 saturated heterocycles. The second-order valence-corrected chi connectivity index (χ2v) is 4.17. The molecule has 2 N–H and O–H groups in total. The number of aromatic nitrogens is 3. The van der Waals surface area contributed by atoms with Gasteiger partial charge in [0.2, 0.25) is 5.91 Å². The van der Waals surface area contributed by atoms with Crippen molar-refractivity contribution in [2.75, 3.05) is 6.54 Å². The van der Waals surface area contributed by atoms with E-state index in [1.54, 1.807) is 20.0 Å². The summed E-state index contributed by atoms with van der Waals surface area (Å²) in [6, 6.07) is 0. The molecule has 1 heterocycles. The maximum Gasteiger partial charge on any atom is 0.311 e. The number of hydrogen-bond acceptors (Lipinski definition) is 4. The third-order valence-corrected chi connectivity index (χ3v) is 3.21. The Balaban J connectivity index is 2.52.